The van der Waals surface area contributed by atoms with Crippen molar-refractivity contribution in [1.82, 2.24) is 0 Å². The van der Waals surface area contributed by atoms with Crippen LogP contribution >= 0.6 is 11.6 Å². The van der Waals surface area contributed by atoms with Crippen LogP contribution in [0.1, 0.15) is 29.8 Å². The van der Waals surface area contributed by atoms with E-state index in [1.165, 1.54) is 0 Å². The molecule has 1 aromatic rings. The SMILES string of the molecule is CCOc1cc(C)cc(C(=O)C(C)Cl)c1. The highest BCUT2D eigenvalue weighted by Gasteiger charge is 2.13. The summed E-state index contributed by atoms with van der Waals surface area (Å²) in [6, 6.07) is 5.46. The number of Topliss-reactive ketones (excluding diaryl/α,β-unsaturated/α-hetero) is 1. The average Bonchev–Trinajstić information content (AvgIpc) is 2.16. The molecular weight excluding hydrogens is 212 g/mol. The Labute approximate surface area is 95.2 Å². The Kier molecular flexibility index (Phi) is 4.15. The number of ether oxygens (including phenoxy) is 1. The van der Waals surface area contributed by atoms with Gasteiger partial charge in [0, 0.05) is 5.56 Å². The third-order valence-electron chi connectivity index (χ3n) is 2.01. The summed E-state index contributed by atoms with van der Waals surface area (Å²) in [4.78, 5) is 11.7. The lowest BCUT2D eigenvalue weighted by Gasteiger charge is -2.08. The highest BCUT2D eigenvalue weighted by molar-refractivity contribution is 6.33. The number of halogens is 1. The Balaban J connectivity index is 3.03. The molecule has 0 aliphatic rings. The number of benzene rings is 1. The van der Waals surface area contributed by atoms with Gasteiger partial charge in [-0.05, 0) is 44.5 Å². The molecule has 0 heterocycles. The molecule has 0 radical (unpaired) electrons. The van der Waals surface area contributed by atoms with Crippen molar-refractivity contribution in [2.24, 2.45) is 0 Å². The fourth-order valence-electron chi connectivity index (χ4n) is 1.37. The van der Waals surface area contributed by atoms with Crippen LogP contribution in [0.2, 0.25) is 0 Å². The summed E-state index contributed by atoms with van der Waals surface area (Å²) in [7, 11) is 0. The van der Waals surface area contributed by atoms with Crippen LogP contribution in [-0.4, -0.2) is 17.8 Å². The lowest BCUT2D eigenvalue weighted by atomic mass is 10.1. The fourth-order valence-corrected chi connectivity index (χ4v) is 1.50. The van der Waals surface area contributed by atoms with Gasteiger partial charge in [-0.2, -0.15) is 0 Å². The summed E-state index contributed by atoms with van der Waals surface area (Å²) in [6.45, 7) is 6.10. The summed E-state index contributed by atoms with van der Waals surface area (Å²) in [5.41, 5.74) is 1.61. The number of hydrogen-bond donors (Lipinski definition) is 0. The van der Waals surface area contributed by atoms with Gasteiger partial charge < -0.3 is 4.74 Å². The molecular formula is C12H15ClO2. The molecule has 0 N–H and O–H groups in total. The lowest BCUT2D eigenvalue weighted by Crippen LogP contribution is -2.10. The van der Waals surface area contributed by atoms with Crippen molar-refractivity contribution in [3.05, 3.63) is 29.3 Å². The van der Waals surface area contributed by atoms with Gasteiger partial charge >= 0.3 is 0 Å². The first kappa shape index (κ1) is 12.1. The molecule has 0 fully saturated rings. The van der Waals surface area contributed by atoms with Gasteiger partial charge in [0.1, 0.15) is 5.75 Å². The molecule has 0 aliphatic heterocycles. The minimum absolute atomic E-state index is 0.0682. The number of alkyl halides is 1. The van der Waals surface area contributed by atoms with E-state index in [0.29, 0.717) is 12.2 Å². The van der Waals surface area contributed by atoms with Gasteiger partial charge in [0.25, 0.3) is 0 Å². The van der Waals surface area contributed by atoms with E-state index in [4.69, 9.17) is 16.3 Å². The summed E-state index contributed by atoms with van der Waals surface area (Å²) < 4.78 is 5.36. The Bertz CT molecular complexity index is 359. The molecule has 2 nitrogen and oxygen atoms in total. The molecule has 0 spiro atoms. The van der Waals surface area contributed by atoms with Gasteiger partial charge in [0.2, 0.25) is 0 Å². The van der Waals surface area contributed by atoms with Crippen molar-refractivity contribution in [2.45, 2.75) is 26.1 Å². The van der Waals surface area contributed by atoms with E-state index >= 15 is 0 Å². The summed E-state index contributed by atoms with van der Waals surface area (Å²) in [6.07, 6.45) is 0. The first-order valence-corrected chi connectivity index (χ1v) is 5.41. The van der Waals surface area contributed by atoms with Crippen LogP contribution in [-0.2, 0) is 0 Å². The van der Waals surface area contributed by atoms with Gasteiger partial charge in [-0.1, -0.05) is 0 Å². The number of aryl methyl sites for hydroxylation is 1. The van der Waals surface area contributed by atoms with E-state index in [2.05, 4.69) is 0 Å². The van der Waals surface area contributed by atoms with E-state index < -0.39 is 5.38 Å². The monoisotopic (exact) mass is 226 g/mol. The van der Waals surface area contributed by atoms with Crippen LogP contribution in [0.4, 0.5) is 0 Å². The van der Waals surface area contributed by atoms with E-state index in [1.54, 1.807) is 13.0 Å². The highest BCUT2D eigenvalue weighted by atomic mass is 35.5. The topological polar surface area (TPSA) is 26.3 Å². The van der Waals surface area contributed by atoms with Crippen molar-refractivity contribution in [1.29, 1.82) is 0 Å². The molecule has 0 bridgehead atoms. The second kappa shape index (κ2) is 5.17. The molecule has 1 aromatic carbocycles. The molecule has 3 heteroatoms. The molecule has 0 aromatic heterocycles. The Morgan fingerprint density at radius 3 is 2.67 bits per heavy atom. The van der Waals surface area contributed by atoms with Crippen LogP contribution in [0.25, 0.3) is 0 Å². The summed E-state index contributed by atoms with van der Waals surface area (Å²) in [5, 5.41) is -0.499. The van der Waals surface area contributed by atoms with Gasteiger partial charge in [0.05, 0.1) is 12.0 Å². The molecule has 0 aliphatic carbocycles. The smallest absolute Gasteiger partial charge is 0.180 e. The van der Waals surface area contributed by atoms with Crippen LogP contribution < -0.4 is 4.74 Å². The zero-order valence-electron chi connectivity index (χ0n) is 9.21. The van der Waals surface area contributed by atoms with Crippen LogP contribution in [0.15, 0.2) is 18.2 Å². The van der Waals surface area contributed by atoms with Crippen molar-refractivity contribution in [2.75, 3.05) is 6.61 Å². The quantitative estimate of drug-likeness (QED) is 0.582. The first-order chi connectivity index (χ1) is 7.04. The van der Waals surface area contributed by atoms with Gasteiger partial charge in [0.15, 0.2) is 5.78 Å². The van der Waals surface area contributed by atoms with Crippen molar-refractivity contribution in [3.8, 4) is 5.75 Å². The van der Waals surface area contributed by atoms with Gasteiger partial charge in [-0.25, -0.2) is 0 Å². The van der Waals surface area contributed by atoms with E-state index in [1.807, 2.05) is 26.0 Å². The van der Waals surface area contributed by atoms with Crippen molar-refractivity contribution in [3.63, 3.8) is 0 Å². The van der Waals surface area contributed by atoms with Crippen molar-refractivity contribution < 1.29 is 9.53 Å². The number of rotatable bonds is 4. The molecule has 1 unspecified atom stereocenters. The molecule has 0 saturated carbocycles. The second-order valence-corrected chi connectivity index (χ2v) is 4.10. The third-order valence-corrected chi connectivity index (χ3v) is 2.21. The van der Waals surface area contributed by atoms with Crippen LogP contribution in [0.3, 0.4) is 0 Å². The normalized spacial score (nSPS) is 12.3. The summed E-state index contributed by atoms with van der Waals surface area (Å²) in [5.74, 6) is 0.652. The Morgan fingerprint density at radius 1 is 1.47 bits per heavy atom. The minimum atomic E-state index is -0.499. The summed E-state index contributed by atoms with van der Waals surface area (Å²) >= 11 is 5.75. The number of carbonyl (C=O) groups is 1. The number of carbonyl (C=O) groups excluding carboxylic acids is 1. The zero-order chi connectivity index (χ0) is 11.4. The molecule has 15 heavy (non-hydrogen) atoms. The first-order valence-electron chi connectivity index (χ1n) is 4.97. The Morgan fingerprint density at radius 2 is 2.13 bits per heavy atom. The average molecular weight is 227 g/mol. The fraction of sp³-hybridized carbons (Fsp3) is 0.417. The second-order valence-electron chi connectivity index (χ2n) is 3.45. The lowest BCUT2D eigenvalue weighted by molar-refractivity contribution is 0.0991. The van der Waals surface area contributed by atoms with Gasteiger partial charge in [-0.3, -0.25) is 4.79 Å². The molecule has 0 amide bonds. The van der Waals surface area contributed by atoms with E-state index in [9.17, 15) is 4.79 Å². The molecule has 1 rings (SSSR count). The minimum Gasteiger partial charge on any atom is -0.494 e. The van der Waals surface area contributed by atoms with E-state index in [-0.39, 0.29) is 5.78 Å². The van der Waals surface area contributed by atoms with Gasteiger partial charge in [-0.15, -0.1) is 11.6 Å². The molecule has 1 atom stereocenters. The predicted molar refractivity (Wildman–Crippen MR) is 62.0 cm³/mol. The van der Waals surface area contributed by atoms with Crippen LogP contribution in [0.5, 0.6) is 5.75 Å². The number of ketones is 1. The highest BCUT2D eigenvalue weighted by Crippen LogP contribution is 2.19. The number of hydrogen-bond acceptors (Lipinski definition) is 2. The third kappa shape index (κ3) is 3.24. The van der Waals surface area contributed by atoms with Crippen molar-refractivity contribution >= 4 is 17.4 Å². The molecule has 82 valence electrons. The van der Waals surface area contributed by atoms with E-state index in [0.717, 1.165) is 11.3 Å². The largest absolute Gasteiger partial charge is 0.494 e. The maximum absolute atomic E-state index is 11.7. The van der Waals surface area contributed by atoms with Crippen LogP contribution in [0, 0.1) is 6.92 Å². The maximum atomic E-state index is 11.7. The maximum Gasteiger partial charge on any atom is 0.180 e. The zero-order valence-corrected chi connectivity index (χ0v) is 9.97. The predicted octanol–water partition coefficient (Wildman–Crippen LogP) is 3.20. The standard InChI is InChI=1S/C12H15ClO2/c1-4-15-11-6-8(2)5-10(7-11)12(14)9(3)13/h5-7,9H,4H2,1-3H3. The molecule has 0 saturated heterocycles. The Hall–Kier alpha value is -1.02.